The van der Waals surface area contributed by atoms with Crippen LogP contribution >= 0.6 is 0 Å². The van der Waals surface area contributed by atoms with Gasteiger partial charge in [0.2, 0.25) is 0 Å². The van der Waals surface area contributed by atoms with Crippen LogP contribution in [0.25, 0.3) is 0 Å². The molecule has 0 aromatic carbocycles. The molecule has 0 radical (unpaired) electrons. The van der Waals surface area contributed by atoms with E-state index >= 15 is 0 Å². The molecule has 0 spiro atoms. The Morgan fingerprint density at radius 3 is 3.07 bits per heavy atom. The second kappa shape index (κ2) is 4.55. The van der Waals surface area contributed by atoms with Gasteiger partial charge in [0.1, 0.15) is 12.2 Å². The van der Waals surface area contributed by atoms with Crippen LogP contribution in [-0.2, 0) is 13.1 Å². The lowest BCUT2D eigenvalue weighted by Crippen LogP contribution is -2.35. The van der Waals surface area contributed by atoms with Gasteiger partial charge >= 0.3 is 0 Å². The fourth-order valence-corrected chi connectivity index (χ4v) is 1.67. The molecule has 2 rings (SSSR count). The van der Waals surface area contributed by atoms with Crippen molar-refractivity contribution in [2.45, 2.75) is 51.7 Å². The molecule has 1 aromatic rings. The van der Waals surface area contributed by atoms with Crippen LogP contribution in [0.2, 0.25) is 0 Å². The summed E-state index contributed by atoms with van der Waals surface area (Å²) < 4.78 is 1.99. The second-order valence-electron chi connectivity index (χ2n) is 3.91. The highest BCUT2D eigenvalue weighted by Gasteiger charge is 2.17. The van der Waals surface area contributed by atoms with Gasteiger partial charge in [0.15, 0.2) is 0 Å². The zero-order valence-electron chi connectivity index (χ0n) is 8.74. The molecule has 0 atom stereocenters. The highest BCUT2D eigenvalue weighted by atomic mass is 15.3. The van der Waals surface area contributed by atoms with Crippen molar-refractivity contribution >= 4 is 0 Å². The van der Waals surface area contributed by atoms with E-state index in [9.17, 15) is 0 Å². The molecule has 1 aliphatic rings. The summed E-state index contributed by atoms with van der Waals surface area (Å²) in [5.41, 5.74) is 0. The van der Waals surface area contributed by atoms with Crippen LogP contribution in [0.1, 0.15) is 38.4 Å². The van der Waals surface area contributed by atoms with Crippen molar-refractivity contribution in [1.82, 2.24) is 20.1 Å². The largest absolute Gasteiger partial charge is 0.307 e. The predicted molar refractivity (Wildman–Crippen MR) is 54.8 cm³/mol. The summed E-state index contributed by atoms with van der Waals surface area (Å²) in [6, 6.07) is 0.724. The first kappa shape index (κ1) is 9.65. The van der Waals surface area contributed by atoms with Crippen molar-refractivity contribution in [2.24, 2.45) is 0 Å². The zero-order chi connectivity index (χ0) is 9.80. The van der Waals surface area contributed by atoms with Gasteiger partial charge in [0.05, 0.1) is 6.54 Å². The number of rotatable bonds is 5. The number of hydrogen-bond acceptors (Lipinski definition) is 3. The first-order valence-electron chi connectivity index (χ1n) is 5.50. The van der Waals surface area contributed by atoms with E-state index in [0.717, 1.165) is 31.4 Å². The normalized spacial score (nSPS) is 16.9. The molecule has 78 valence electrons. The lowest BCUT2D eigenvalue weighted by Gasteiger charge is -2.26. The molecule has 1 aromatic heterocycles. The van der Waals surface area contributed by atoms with Crippen LogP contribution < -0.4 is 5.32 Å². The molecule has 0 unspecified atom stereocenters. The lowest BCUT2D eigenvalue weighted by molar-refractivity contribution is 0.332. The molecule has 1 saturated carbocycles. The SMILES string of the molecule is CCCn1ncnc1CNC1CCC1. The third-order valence-electron chi connectivity index (χ3n) is 2.79. The van der Waals surface area contributed by atoms with E-state index in [1.807, 2.05) is 4.68 Å². The molecule has 1 aliphatic carbocycles. The summed E-state index contributed by atoms with van der Waals surface area (Å²) in [5, 5.41) is 7.69. The van der Waals surface area contributed by atoms with Crippen molar-refractivity contribution in [3.63, 3.8) is 0 Å². The summed E-state index contributed by atoms with van der Waals surface area (Å²) >= 11 is 0. The maximum absolute atomic E-state index is 4.25. The Labute approximate surface area is 84.7 Å². The standard InChI is InChI=1S/C10H18N4/c1-2-6-14-10(12-8-13-14)7-11-9-4-3-5-9/h8-9,11H,2-7H2,1H3. The second-order valence-corrected chi connectivity index (χ2v) is 3.91. The summed E-state index contributed by atoms with van der Waals surface area (Å²) in [7, 11) is 0. The Kier molecular flexibility index (Phi) is 3.14. The summed E-state index contributed by atoms with van der Waals surface area (Å²) in [6.07, 6.45) is 6.77. The van der Waals surface area contributed by atoms with Gasteiger partial charge in [0.25, 0.3) is 0 Å². The highest BCUT2D eigenvalue weighted by molar-refractivity contribution is 4.86. The molecule has 4 nitrogen and oxygen atoms in total. The maximum atomic E-state index is 4.25. The van der Waals surface area contributed by atoms with Gasteiger partial charge in [-0.15, -0.1) is 0 Å². The van der Waals surface area contributed by atoms with E-state index in [1.165, 1.54) is 19.3 Å². The lowest BCUT2D eigenvalue weighted by atomic mass is 9.93. The smallest absolute Gasteiger partial charge is 0.140 e. The van der Waals surface area contributed by atoms with Gasteiger partial charge in [-0.25, -0.2) is 9.67 Å². The van der Waals surface area contributed by atoms with Crippen LogP contribution in [0, 0.1) is 0 Å². The number of nitrogens with zero attached hydrogens (tertiary/aromatic N) is 3. The first-order valence-corrected chi connectivity index (χ1v) is 5.50. The predicted octanol–water partition coefficient (Wildman–Crippen LogP) is 1.33. The van der Waals surface area contributed by atoms with E-state index in [0.29, 0.717) is 0 Å². The van der Waals surface area contributed by atoms with E-state index in [2.05, 4.69) is 22.3 Å². The molecule has 1 fully saturated rings. The van der Waals surface area contributed by atoms with Crippen molar-refractivity contribution in [3.8, 4) is 0 Å². The summed E-state index contributed by atoms with van der Waals surface area (Å²) in [5.74, 6) is 1.07. The van der Waals surface area contributed by atoms with Crippen LogP contribution in [-0.4, -0.2) is 20.8 Å². The van der Waals surface area contributed by atoms with Crippen molar-refractivity contribution in [1.29, 1.82) is 0 Å². The number of nitrogens with one attached hydrogen (secondary N) is 1. The van der Waals surface area contributed by atoms with Crippen molar-refractivity contribution < 1.29 is 0 Å². The van der Waals surface area contributed by atoms with Gasteiger partial charge in [-0.1, -0.05) is 13.3 Å². The Morgan fingerprint density at radius 1 is 1.57 bits per heavy atom. The Bertz CT molecular complexity index is 277. The Balaban J connectivity index is 1.84. The van der Waals surface area contributed by atoms with Crippen LogP contribution in [0.5, 0.6) is 0 Å². The highest BCUT2D eigenvalue weighted by Crippen LogP contribution is 2.18. The van der Waals surface area contributed by atoms with Crippen LogP contribution in [0.15, 0.2) is 6.33 Å². The summed E-state index contributed by atoms with van der Waals surface area (Å²) in [4.78, 5) is 4.25. The number of aromatic nitrogens is 3. The number of hydrogen-bond donors (Lipinski definition) is 1. The monoisotopic (exact) mass is 194 g/mol. The minimum atomic E-state index is 0.724. The molecule has 14 heavy (non-hydrogen) atoms. The third kappa shape index (κ3) is 2.12. The fraction of sp³-hybridized carbons (Fsp3) is 0.800. The molecule has 0 saturated heterocycles. The average molecular weight is 194 g/mol. The molecule has 1 N–H and O–H groups in total. The van der Waals surface area contributed by atoms with E-state index < -0.39 is 0 Å². The minimum absolute atomic E-state index is 0.724. The van der Waals surface area contributed by atoms with E-state index in [4.69, 9.17) is 0 Å². The molecule has 0 aliphatic heterocycles. The van der Waals surface area contributed by atoms with Gasteiger partial charge in [-0.3, -0.25) is 0 Å². The van der Waals surface area contributed by atoms with Gasteiger partial charge in [-0.2, -0.15) is 5.10 Å². The third-order valence-corrected chi connectivity index (χ3v) is 2.79. The first-order chi connectivity index (χ1) is 6.90. The van der Waals surface area contributed by atoms with Gasteiger partial charge < -0.3 is 5.32 Å². The average Bonchev–Trinajstić information content (AvgIpc) is 2.51. The van der Waals surface area contributed by atoms with Gasteiger partial charge in [-0.05, 0) is 19.3 Å². The molecule has 1 heterocycles. The maximum Gasteiger partial charge on any atom is 0.140 e. The number of aryl methyl sites for hydroxylation is 1. The molecule has 4 heteroatoms. The molecule has 0 amide bonds. The van der Waals surface area contributed by atoms with Crippen LogP contribution in [0.3, 0.4) is 0 Å². The molecular weight excluding hydrogens is 176 g/mol. The molecular formula is C10H18N4. The van der Waals surface area contributed by atoms with Crippen LogP contribution in [0.4, 0.5) is 0 Å². The van der Waals surface area contributed by atoms with Crippen molar-refractivity contribution in [3.05, 3.63) is 12.2 Å². The van der Waals surface area contributed by atoms with E-state index in [-0.39, 0.29) is 0 Å². The van der Waals surface area contributed by atoms with Crippen molar-refractivity contribution in [2.75, 3.05) is 0 Å². The Hall–Kier alpha value is -0.900. The topological polar surface area (TPSA) is 42.7 Å². The van der Waals surface area contributed by atoms with E-state index in [1.54, 1.807) is 6.33 Å². The zero-order valence-corrected chi connectivity index (χ0v) is 8.74. The fourth-order valence-electron chi connectivity index (χ4n) is 1.67. The quantitative estimate of drug-likeness (QED) is 0.769. The Morgan fingerprint density at radius 2 is 2.43 bits per heavy atom. The summed E-state index contributed by atoms with van der Waals surface area (Å²) in [6.45, 7) is 4.00. The molecule has 0 bridgehead atoms. The van der Waals surface area contributed by atoms with Gasteiger partial charge in [0, 0.05) is 12.6 Å². The minimum Gasteiger partial charge on any atom is -0.307 e.